The van der Waals surface area contributed by atoms with Crippen LogP contribution in [0, 0.1) is 0 Å². The van der Waals surface area contributed by atoms with E-state index in [2.05, 4.69) is 23.3 Å². The third kappa shape index (κ3) is 4.78. The van der Waals surface area contributed by atoms with Gasteiger partial charge in [0.2, 0.25) is 0 Å². The molecule has 3 nitrogen and oxygen atoms in total. The molecule has 1 heterocycles. The highest BCUT2D eigenvalue weighted by Gasteiger charge is 2.17. The van der Waals surface area contributed by atoms with Crippen molar-refractivity contribution in [1.29, 1.82) is 0 Å². The average molecular weight is 212 g/mol. The summed E-state index contributed by atoms with van der Waals surface area (Å²) < 4.78 is 0. The summed E-state index contributed by atoms with van der Waals surface area (Å²) in [7, 11) is 0. The van der Waals surface area contributed by atoms with Crippen molar-refractivity contribution in [3.8, 4) is 0 Å². The van der Waals surface area contributed by atoms with Gasteiger partial charge in [0.25, 0.3) is 0 Å². The molecular formula is C12H24N2O. The van der Waals surface area contributed by atoms with Crippen LogP contribution >= 0.6 is 0 Å². The molecule has 3 heteroatoms. The van der Waals surface area contributed by atoms with E-state index in [4.69, 9.17) is 0 Å². The van der Waals surface area contributed by atoms with Crippen LogP contribution in [0.5, 0.6) is 0 Å². The summed E-state index contributed by atoms with van der Waals surface area (Å²) in [5.74, 6) is 0. The summed E-state index contributed by atoms with van der Waals surface area (Å²) >= 11 is 0. The molecule has 0 spiro atoms. The lowest BCUT2D eigenvalue weighted by atomic mass is 10.1. The minimum Gasteiger partial charge on any atom is -0.392 e. The number of β-amino-alcohol motifs (C(OH)–C–C–N with tert-alkyl or cyclic N) is 1. The topological polar surface area (TPSA) is 26.7 Å². The van der Waals surface area contributed by atoms with Crippen LogP contribution in [0.4, 0.5) is 0 Å². The monoisotopic (exact) mass is 212 g/mol. The lowest BCUT2D eigenvalue weighted by Gasteiger charge is -2.34. The van der Waals surface area contributed by atoms with Crippen LogP contribution in [-0.2, 0) is 0 Å². The van der Waals surface area contributed by atoms with E-state index >= 15 is 0 Å². The molecule has 1 saturated heterocycles. The fourth-order valence-corrected chi connectivity index (χ4v) is 1.99. The first-order valence-corrected chi connectivity index (χ1v) is 6.00. The van der Waals surface area contributed by atoms with Gasteiger partial charge in [0.1, 0.15) is 0 Å². The van der Waals surface area contributed by atoms with Gasteiger partial charge in [-0.3, -0.25) is 4.90 Å². The number of aliphatic hydroxyl groups excluding tert-OH is 1. The normalized spacial score (nSPS) is 21.5. The second-order valence-electron chi connectivity index (χ2n) is 4.25. The molecule has 0 bridgehead atoms. The van der Waals surface area contributed by atoms with Gasteiger partial charge < -0.3 is 10.0 Å². The molecule has 1 atom stereocenters. The van der Waals surface area contributed by atoms with Crippen molar-refractivity contribution in [3.05, 3.63) is 12.7 Å². The maximum Gasteiger partial charge on any atom is 0.0670 e. The summed E-state index contributed by atoms with van der Waals surface area (Å²) in [4.78, 5) is 4.81. The molecule has 1 rings (SSSR count). The zero-order valence-corrected chi connectivity index (χ0v) is 9.86. The Hall–Kier alpha value is -0.380. The number of rotatable bonds is 6. The standard InChI is InChI=1S/C12H24N2O/c1-3-5-6-12(15)11-14-9-7-13(4-2)8-10-14/h3,12,15H,1,4-11H2,2H3. The molecule has 0 aromatic carbocycles. The first kappa shape index (κ1) is 12.7. The quantitative estimate of drug-likeness (QED) is 0.664. The Morgan fingerprint density at radius 3 is 2.40 bits per heavy atom. The zero-order chi connectivity index (χ0) is 11.1. The van der Waals surface area contributed by atoms with E-state index in [0.717, 1.165) is 52.1 Å². The van der Waals surface area contributed by atoms with E-state index in [1.54, 1.807) is 0 Å². The third-order valence-electron chi connectivity index (χ3n) is 3.09. The first-order chi connectivity index (χ1) is 7.26. The molecule has 1 aliphatic heterocycles. The Kier molecular flexibility index (Phi) is 5.91. The zero-order valence-electron chi connectivity index (χ0n) is 9.86. The van der Waals surface area contributed by atoms with Crippen molar-refractivity contribution in [2.75, 3.05) is 39.3 Å². The van der Waals surface area contributed by atoms with Crippen molar-refractivity contribution >= 4 is 0 Å². The van der Waals surface area contributed by atoms with Crippen LogP contribution in [0.2, 0.25) is 0 Å². The number of piperazine rings is 1. The van der Waals surface area contributed by atoms with Crippen molar-refractivity contribution in [1.82, 2.24) is 9.80 Å². The van der Waals surface area contributed by atoms with Gasteiger partial charge in [-0.05, 0) is 19.4 Å². The highest BCUT2D eigenvalue weighted by atomic mass is 16.3. The molecule has 0 saturated carbocycles. The molecular weight excluding hydrogens is 188 g/mol. The second kappa shape index (κ2) is 6.99. The van der Waals surface area contributed by atoms with Gasteiger partial charge >= 0.3 is 0 Å². The van der Waals surface area contributed by atoms with Crippen LogP contribution in [0.3, 0.4) is 0 Å². The number of aliphatic hydroxyl groups is 1. The summed E-state index contributed by atoms with van der Waals surface area (Å²) in [6.07, 6.45) is 3.45. The summed E-state index contributed by atoms with van der Waals surface area (Å²) in [5, 5.41) is 9.75. The molecule has 1 unspecified atom stereocenters. The largest absolute Gasteiger partial charge is 0.392 e. The van der Waals surface area contributed by atoms with E-state index in [1.807, 2.05) is 6.08 Å². The predicted molar refractivity (Wildman–Crippen MR) is 64.0 cm³/mol. The average Bonchev–Trinajstić information content (AvgIpc) is 2.27. The number of hydrogen-bond donors (Lipinski definition) is 1. The predicted octanol–water partition coefficient (Wildman–Crippen LogP) is 0.951. The molecule has 0 amide bonds. The van der Waals surface area contributed by atoms with Crippen LogP contribution in [0.1, 0.15) is 19.8 Å². The number of likely N-dealkylation sites (N-methyl/N-ethyl adjacent to an activating group) is 1. The van der Waals surface area contributed by atoms with Gasteiger partial charge in [0.05, 0.1) is 6.10 Å². The van der Waals surface area contributed by atoms with Crippen molar-refractivity contribution < 1.29 is 5.11 Å². The molecule has 1 aliphatic rings. The van der Waals surface area contributed by atoms with E-state index in [1.165, 1.54) is 0 Å². The molecule has 88 valence electrons. The van der Waals surface area contributed by atoms with Gasteiger partial charge in [-0.15, -0.1) is 6.58 Å². The molecule has 0 aliphatic carbocycles. The minimum atomic E-state index is -0.184. The first-order valence-electron chi connectivity index (χ1n) is 6.00. The summed E-state index contributed by atoms with van der Waals surface area (Å²) in [6, 6.07) is 0. The Bertz CT molecular complexity index is 176. The lowest BCUT2D eigenvalue weighted by molar-refractivity contribution is 0.0709. The van der Waals surface area contributed by atoms with E-state index in [9.17, 15) is 5.11 Å². The highest BCUT2D eigenvalue weighted by Crippen LogP contribution is 2.05. The van der Waals surface area contributed by atoms with E-state index < -0.39 is 0 Å². The van der Waals surface area contributed by atoms with Crippen LogP contribution in [0.25, 0.3) is 0 Å². The number of hydrogen-bond acceptors (Lipinski definition) is 3. The fraction of sp³-hybridized carbons (Fsp3) is 0.833. The van der Waals surface area contributed by atoms with Gasteiger partial charge in [-0.1, -0.05) is 13.0 Å². The van der Waals surface area contributed by atoms with Crippen molar-refractivity contribution in [2.45, 2.75) is 25.9 Å². The van der Waals surface area contributed by atoms with Crippen LogP contribution in [-0.4, -0.2) is 60.3 Å². The van der Waals surface area contributed by atoms with Gasteiger partial charge in [0.15, 0.2) is 0 Å². The fourth-order valence-electron chi connectivity index (χ4n) is 1.99. The minimum absolute atomic E-state index is 0.184. The molecule has 15 heavy (non-hydrogen) atoms. The maximum absolute atomic E-state index is 9.75. The molecule has 1 N–H and O–H groups in total. The number of allylic oxidation sites excluding steroid dienone is 1. The molecule has 0 aromatic heterocycles. The van der Waals surface area contributed by atoms with Crippen LogP contribution < -0.4 is 0 Å². The Morgan fingerprint density at radius 1 is 1.27 bits per heavy atom. The maximum atomic E-state index is 9.75. The number of nitrogens with zero attached hydrogens (tertiary/aromatic N) is 2. The lowest BCUT2D eigenvalue weighted by Crippen LogP contribution is -2.48. The SMILES string of the molecule is C=CCCC(O)CN1CCN(CC)CC1. The Morgan fingerprint density at radius 2 is 1.87 bits per heavy atom. The Balaban J connectivity index is 2.14. The van der Waals surface area contributed by atoms with Crippen molar-refractivity contribution in [2.24, 2.45) is 0 Å². The third-order valence-corrected chi connectivity index (χ3v) is 3.09. The summed E-state index contributed by atoms with van der Waals surface area (Å²) in [5.41, 5.74) is 0. The molecule has 0 aromatic rings. The summed E-state index contributed by atoms with van der Waals surface area (Å²) in [6.45, 7) is 12.3. The van der Waals surface area contributed by atoms with Crippen molar-refractivity contribution in [3.63, 3.8) is 0 Å². The van der Waals surface area contributed by atoms with E-state index in [0.29, 0.717) is 0 Å². The van der Waals surface area contributed by atoms with Crippen LogP contribution in [0.15, 0.2) is 12.7 Å². The smallest absolute Gasteiger partial charge is 0.0670 e. The van der Waals surface area contributed by atoms with Gasteiger partial charge in [-0.2, -0.15) is 0 Å². The Labute approximate surface area is 93.4 Å². The van der Waals surface area contributed by atoms with Gasteiger partial charge in [-0.25, -0.2) is 0 Å². The second-order valence-corrected chi connectivity index (χ2v) is 4.25. The van der Waals surface area contributed by atoms with Gasteiger partial charge in [0, 0.05) is 32.7 Å². The van der Waals surface area contributed by atoms with E-state index in [-0.39, 0.29) is 6.10 Å². The highest BCUT2D eigenvalue weighted by molar-refractivity contribution is 4.75. The molecule has 0 radical (unpaired) electrons. The molecule has 1 fully saturated rings.